The number of carbonyl (C=O) groups excluding carboxylic acids is 1. The van der Waals surface area contributed by atoms with Gasteiger partial charge >= 0.3 is 6.09 Å². The van der Waals surface area contributed by atoms with Crippen LogP contribution in [0.2, 0.25) is 0 Å². The first-order chi connectivity index (χ1) is 10.4. The zero-order chi connectivity index (χ0) is 15.7. The summed E-state index contributed by atoms with van der Waals surface area (Å²) in [6.45, 7) is 7.19. The predicted molar refractivity (Wildman–Crippen MR) is 88.2 cm³/mol. The van der Waals surface area contributed by atoms with Crippen LogP contribution >= 0.6 is 11.8 Å². The van der Waals surface area contributed by atoms with Crippen molar-refractivity contribution in [1.29, 1.82) is 0 Å². The normalized spacial score (nSPS) is 18.9. The highest BCUT2D eigenvalue weighted by Gasteiger charge is 2.30. The van der Waals surface area contributed by atoms with Gasteiger partial charge in [-0.1, -0.05) is 0 Å². The first-order valence-corrected chi connectivity index (χ1v) is 8.36. The number of aromatic amines is 1. The summed E-state index contributed by atoms with van der Waals surface area (Å²) in [4.78, 5) is 15.1. The maximum Gasteiger partial charge on any atom is 0.410 e. The fraction of sp³-hybridized carbons (Fsp3) is 0.500. The minimum absolute atomic E-state index is 0.208. The topological polar surface area (TPSA) is 58.2 Å². The minimum Gasteiger partial charge on any atom is -0.444 e. The number of hydrogen-bond donors (Lipinski definition) is 1. The van der Waals surface area contributed by atoms with Gasteiger partial charge in [-0.15, -0.1) is 11.8 Å². The van der Waals surface area contributed by atoms with Crippen LogP contribution in [0.5, 0.6) is 0 Å². The molecule has 2 aromatic rings. The lowest BCUT2D eigenvalue weighted by Crippen LogP contribution is -2.35. The van der Waals surface area contributed by atoms with Crippen molar-refractivity contribution in [1.82, 2.24) is 15.1 Å². The summed E-state index contributed by atoms with van der Waals surface area (Å²) in [5, 5.41) is 8.53. The van der Waals surface area contributed by atoms with Gasteiger partial charge in [0.25, 0.3) is 0 Å². The highest BCUT2D eigenvalue weighted by atomic mass is 32.2. The molecule has 0 bridgehead atoms. The van der Waals surface area contributed by atoms with E-state index in [2.05, 4.69) is 22.3 Å². The molecule has 0 aliphatic carbocycles. The Morgan fingerprint density at radius 3 is 3.05 bits per heavy atom. The minimum atomic E-state index is -0.436. The zero-order valence-electron chi connectivity index (χ0n) is 13.1. The van der Waals surface area contributed by atoms with E-state index in [0.29, 0.717) is 5.25 Å². The molecule has 2 heterocycles. The summed E-state index contributed by atoms with van der Waals surface area (Å²) in [5.41, 5.74) is 0.611. The molecule has 3 rings (SSSR count). The third-order valence-corrected chi connectivity index (χ3v) is 4.76. The van der Waals surface area contributed by atoms with Gasteiger partial charge in [0.05, 0.1) is 11.7 Å². The van der Waals surface area contributed by atoms with E-state index in [-0.39, 0.29) is 6.09 Å². The molecule has 118 valence electrons. The van der Waals surface area contributed by atoms with E-state index >= 15 is 0 Å². The van der Waals surface area contributed by atoms with Gasteiger partial charge in [-0.3, -0.25) is 5.10 Å². The number of thioether (sulfide) groups is 1. The van der Waals surface area contributed by atoms with Gasteiger partial charge in [0, 0.05) is 28.6 Å². The second kappa shape index (κ2) is 5.83. The van der Waals surface area contributed by atoms with Crippen molar-refractivity contribution >= 4 is 28.8 Å². The van der Waals surface area contributed by atoms with Gasteiger partial charge in [-0.25, -0.2) is 4.79 Å². The number of aromatic nitrogens is 2. The molecular formula is C16H21N3O2S. The number of nitrogens with one attached hydrogen (secondary N) is 1. The molecule has 0 radical (unpaired) electrons. The Balaban J connectivity index is 1.59. The van der Waals surface area contributed by atoms with Crippen molar-refractivity contribution in [3.63, 3.8) is 0 Å². The molecule has 0 saturated carbocycles. The quantitative estimate of drug-likeness (QED) is 0.917. The molecule has 1 N–H and O–H groups in total. The molecule has 1 aliphatic heterocycles. The van der Waals surface area contributed by atoms with Crippen LogP contribution in [-0.2, 0) is 4.74 Å². The lowest BCUT2D eigenvalue weighted by molar-refractivity contribution is 0.0295. The van der Waals surface area contributed by atoms with E-state index in [1.54, 1.807) is 4.90 Å². The summed E-state index contributed by atoms with van der Waals surface area (Å²) in [6, 6.07) is 6.28. The molecule has 1 amide bonds. The van der Waals surface area contributed by atoms with E-state index in [1.165, 1.54) is 4.90 Å². The van der Waals surface area contributed by atoms with E-state index in [1.807, 2.05) is 44.8 Å². The average molecular weight is 319 g/mol. The van der Waals surface area contributed by atoms with Crippen molar-refractivity contribution in [2.45, 2.75) is 42.9 Å². The summed E-state index contributed by atoms with van der Waals surface area (Å²) in [7, 11) is 0. The predicted octanol–water partition coefficient (Wildman–Crippen LogP) is 3.66. The maximum atomic E-state index is 12.1. The van der Waals surface area contributed by atoms with E-state index in [0.717, 1.165) is 30.4 Å². The molecule has 1 aromatic carbocycles. The number of ether oxygens (including phenoxy) is 1. The first-order valence-electron chi connectivity index (χ1n) is 7.48. The van der Waals surface area contributed by atoms with E-state index < -0.39 is 5.60 Å². The highest BCUT2D eigenvalue weighted by molar-refractivity contribution is 8.00. The molecule has 0 spiro atoms. The SMILES string of the molecule is CC(C)(C)OC(=O)N1CCC(Sc2ccc3[nH]ncc3c2)C1. The smallest absolute Gasteiger partial charge is 0.410 e. The second-order valence-electron chi connectivity index (χ2n) is 6.57. The van der Waals surface area contributed by atoms with Gasteiger partial charge in [0.1, 0.15) is 5.60 Å². The Bertz CT molecular complexity index is 677. The van der Waals surface area contributed by atoms with Gasteiger partial charge in [-0.05, 0) is 45.4 Å². The number of hydrogen-bond acceptors (Lipinski definition) is 4. The summed E-state index contributed by atoms with van der Waals surface area (Å²) in [6.07, 6.45) is 2.62. The molecular weight excluding hydrogens is 298 g/mol. The summed E-state index contributed by atoms with van der Waals surface area (Å²) < 4.78 is 5.43. The molecule has 1 atom stereocenters. The Kier molecular flexibility index (Phi) is 4.04. The standard InChI is InChI=1S/C16H21N3O2S/c1-16(2,3)21-15(20)19-7-6-13(10-19)22-12-4-5-14-11(8-12)9-17-18-14/h4-5,8-9,13H,6-7,10H2,1-3H3,(H,17,18). The Hall–Kier alpha value is -1.69. The van der Waals surface area contributed by atoms with Crippen LogP contribution < -0.4 is 0 Å². The van der Waals surface area contributed by atoms with E-state index in [9.17, 15) is 4.79 Å². The Labute approximate surface area is 134 Å². The van der Waals surface area contributed by atoms with Gasteiger partial charge in [0.15, 0.2) is 0 Å². The van der Waals surface area contributed by atoms with Crippen molar-refractivity contribution in [2.24, 2.45) is 0 Å². The summed E-state index contributed by atoms with van der Waals surface area (Å²) >= 11 is 1.82. The second-order valence-corrected chi connectivity index (χ2v) is 7.95. The molecule has 1 unspecified atom stereocenters. The molecule has 6 heteroatoms. The highest BCUT2D eigenvalue weighted by Crippen LogP contribution is 2.31. The first kappa shape index (κ1) is 15.2. The number of nitrogens with zero attached hydrogens (tertiary/aromatic N) is 2. The molecule has 5 nitrogen and oxygen atoms in total. The maximum absolute atomic E-state index is 12.1. The Morgan fingerprint density at radius 2 is 2.27 bits per heavy atom. The van der Waals surface area contributed by atoms with Crippen LogP contribution in [0.1, 0.15) is 27.2 Å². The van der Waals surface area contributed by atoms with Crippen LogP contribution in [0, 0.1) is 0 Å². The number of rotatable bonds is 2. The third-order valence-electron chi connectivity index (χ3n) is 3.51. The van der Waals surface area contributed by atoms with Crippen molar-refractivity contribution < 1.29 is 9.53 Å². The van der Waals surface area contributed by atoms with Crippen LogP contribution in [-0.4, -0.2) is 45.1 Å². The van der Waals surface area contributed by atoms with Crippen molar-refractivity contribution in [3.05, 3.63) is 24.4 Å². The molecule has 1 saturated heterocycles. The Morgan fingerprint density at radius 1 is 1.45 bits per heavy atom. The number of fused-ring (bicyclic) bond motifs is 1. The fourth-order valence-corrected chi connectivity index (χ4v) is 3.71. The third kappa shape index (κ3) is 3.55. The number of benzene rings is 1. The molecule has 22 heavy (non-hydrogen) atoms. The van der Waals surface area contributed by atoms with Crippen LogP contribution in [0.4, 0.5) is 4.79 Å². The van der Waals surface area contributed by atoms with Crippen molar-refractivity contribution in [2.75, 3.05) is 13.1 Å². The number of amides is 1. The molecule has 1 fully saturated rings. The van der Waals surface area contributed by atoms with Gasteiger partial charge in [0.2, 0.25) is 0 Å². The van der Waals surface area contributed by atoms with E-state index in [4.69, 9.17) is 4.74 Å². The monoisotopic (exact) mass is 319 g/mol. The number of H-pyrrole nitrogens is 1. The van der Waals surface area contributed by atoms with Crippen LogP contribution in [0.15, 0.2) is 29.3 Å². The van der Waals surface area contributed by atoms with Crippen LogP contribution in [0.25, 0.3) is 10.9 Å². The van der Waals surface area contributed by atoms with Crippen LogP contribution in [0.3, 0.4) is 0 Å². The fourth-order valence-electron chi connectivity index (χ4n) is 2.50. The number of likely N-dealkylation sites (tertiary alicyclic amines) is 1. The average Bonchev–Trinajstić information content (AvgIpc) is 3.04. The largest absolute Gasteiger partial charge is 0.444 e. The molecule has 1 aromatic heterocycles. The molecule has 1 aliphatic rings. The van der Waals surface area contributed by atoms with Gasteiger partial charge in [-0.2, -0.15) is 5.10 Å². The van der Waals surface area contributed by atoms with Crippen molar-refractivity contribution in [3.8, 4) is 0 Å². The zero-order valence-corrected chi connectivity index (χ0v) is 13.9. The number of carbonyl (C=O) groups is 1. The summed E-state index contributed by atoms with van der Waals surface area (Å²) in [5.74, 6) is 0. The van der Waals surface area contributed by atoms with Gasteiger partial charge < -0.3 is 9.64 Å². The lowest BCUT2D eigenvalue weighted by Gasteiger charge is -2.24. The lowest BCUT2D eigenvalue weighted by atomic mass is 10.2.